The van der Waals surface area contributed by atoms with Crippen molar-refractivity contribution >= 4 is 5.91 Å². The number of hydrogen-bond donors (Lipinski definition) is 3. The van der Waals surface area contributed by atoms with Crippen LogP contribution in [0.4, 0.5) is 0 Å². The first-order valence-corrected chi connectivity index (χ1v) is 13.6. The first-order chi connectivity index (χ1) is 18.0. The van der Waals surface area contributed by atoms with Gasteiger partial charge in [-0.2, -0.15) is 0 Å². The number of rotatable bonds is 11. The maximum atomic E-state index is 12.3. The van der Waals surface area contributed by atoms with Crippen LogP contribution in [0.2, 0.25) is 0 Å². The Kier molecular flexibility index (Phi) is 8.39. The molecule has 1 saturated carbocycles. The molecule has 3 aliphatic rings. The summed E-state index contributed by atoms with van der Waals surface area (Å²) < 4.78 is 17.2. The lowest BCUT2D eigenvalue weighted by molar-refractivity contribution is -0.126. The molecule has 1 amide bonds. The lowest BCUT2D eigenvalue weighted by atomic mass is 9.73. The number of aliphatic hydroxyl groups is 1. The van der Waals surface area contributed by atoms with Crippen LogP contribution in [0.3, 0.4) is 0 Å². The first kappa shape index (κ1) is 26.1. The summed E-state index contributed by atoms with van der Waals surface area (Å²) in [6.45, 7) is 1.13. The first-order valence-electron chi connectivity index (χ1n) is 13.6. The molecule has 1 aliphatic carbocycles. The number of amides is 1. The van der Waals surface area contributed by atoms with Crippen LogP contribution >= 0.6 is 0 Å². The highest BCUT2D eigenvalue weighted by Crippen LogP contribution is 2.48. The minimum absolute atomic E-state index is 0.0164. The van der Waals surface area contributed by atoms with Crippen LogP contribution < -0.4 is 15.4 Å². The number of carbonyl (C=O) groups is 1. The quantitative estimate of drug-likeness (QED) is 0.428. The largest absolute Gasteiger partial charge is 0.471 e. The highest BCUT2D eigenvalue weighted by molar-refractivity contribution is 5.77. The van der Waals surface area contributed by atoms with Crippen LogP contribution in [-0.2, 0) is 27.1 Å². The van der Waals surface area contributed by atoms with Crippen molar-refractivity contribution < 1.29 is 24.1 Å². The number of carbonyl (C=O) groups excluding carboxylic acids is 1. The number of nitrogens with zero attached hydrogens (tertiary/aromatic N) is 1. The van der Waals surface area contributed by atoms with Crippen molar-refractivity contribution in [1.29, 1.82) is 0 Å². The number of hydrogen-bond acceptors (Lipinski definition) is 7. The van der Waals surface area contributed by atoms with Gasteiger partial charge in [0.1, 0.15) is 12.2 Å². The SMILES string of the molecule is COCC(=O)N[C@@H](Cc1ccccc1)[C@@H](O)CN[C@H]1CC2(CCC2)Oc2ncc(C[C@@H]3CCCO3)cc21. The predicted molar refractivity (Wildman–Crippen MR) is 139 cm³/mol. The number of aliphatic hydroxyl groups excluding tert-OH is 1. The number of pyridine rings is 1. The van der Waals surface area contributed by atoms with Gasteiger partial charge in [0.15, 0.2) is 0 Å². The molecule has 2 aliphatic heterocycles. The predicted octanol–water partition coefficient (Wildman–Crippen LogP) is 2.87. The molecule has 37 heavy (non-hydrogen) atoms. The van der Waals surface area contributed by atoms with Crippen LogP contribution in [0.1, 0.15) is 61.3 Å². The van der Waals surface area contributed by atoms with Crippen LogP contribution in [0.25, 0.3) is 0 Å². The second kappa shape index (κ2) is 11.9. The number of aromatic nitrogens is 1. The number of methoxy groups -OCH3 is 1. The van der Waals surface area contributed by atoms with E-state index < -0.39 is 12.1 Å². The summed E-state index contributed by atoms with van der Waals surface area (Å²) in [6.07, 6.45) is 9.02. The Hall–Kier alpha value is -2.52. The molecule has 0 radical (unpaired) electrons. The molecule has 1 saturated heterocycles. The zero-order chi connectivity index (χ0) is 25.7. The summed E-state index contributed by atoms with van der Waals surface area (Å²) in [6, 6.07) is 11.7. The van der Waals surface area contributed by atoms with Crippen LogP contribution in [0, 0.1) is 0 Å². The second-order valence-electron chi connectivity index (χ2n) is 10.7. The fraction of sp³-hybridized carbons (Fsp3) is 0.586. The van der Waals surface area contributed by atoms with Crippen molar-refractivity contribution in [2.45, 2.75) is 81.3 Å². The van der Waals surface area contributed by atoms with Crippen LogP contribution in [0.5, 0.6) is 5.88 Å². The third-order valence-corrected chi connectivity index (χ3v) is 7.91. The molecule has 4 atom stereocenters. The third-order valence-electron chi connectivity index (χ3n) is 7.91. The van der Waals surface area contributed by atoms with E-state index >= 15 is 0 Å². The Morgan fingerprint density at radius 2 is 2.08 bits per heavy atom. The lowest BCUT2D eigenvalue weighted by Gasteiger charge is -2.47. The summed E-state index contributed by atoms with van der Waals surface area (Å²) in [5, 5.41) is 17.8. The van der Waals surface area contributed by atoms with E-state index in [0.717, 1.165) is 68.2 Å². The number of nitrogens with one attached hydrogen (secondary N) is 2. The molecule has 3 N–H and O–H groups in total. The topological polar surface area (TPSA) is 102 Å². The molecular formula is C29H39N3O5. The summed E-state index contributed by atoms with van der Waals surface area (Å²) in [4.78, 5) is 17.0. The van der Waals surface area contributed by atoms with Gasteiger partial charge in [0, 0.05) is 50.9 Å². The maximum absolute atomic E-state index is 12.3. The van der Waals surface area contributed by atoms with E-state index in [-0.39, 0.29) is 30.3 Å². The highest BCUT2D eigenvalue weighted by atomic mass is 16.5. The van der Waals surface area contributed by atoms with Gasteiger partial charge in [-0.1, -0.05) is 30.3 Å². The highest BCUT2D eigenvalue weighted by Gasteiger charge is 2.46. The summed E-state index contributed by atoms with van der Waals surface area (Å²) in [5.74, 6) is 0.457. The van der Waals surface area contributed by atoms with Gasteiger partial charge in [0.25, 0.3) is 0 Å². The smallest absolute Gasteiger partial charge is 0.246 e. The standard InChI is InChI=1S/C29H39N3O5/c1-35-19-27(34)32-24(15-20-7-3-2-4-8-20)26(33)18-30-25-16-29(10-6-11-29)37-28-23(25)14-21(17-31-28)13-22-9-5-12-36-22/h2-4,7-8,14,17,22,24-26,30,33H,5-6,9-13,15-16,18-19H2,1H3,(H,32,34)/t22-,24-,25-,26-/m0/s1. The lowest BCUT2D eigenvalue weighted by Crippen LogP contribution is -2.52. The van der Waals surface area contributed by atoms with Gasteiger partial charge in [0.05, 0.1) is 18.2 Å². The van der Waals surface area contributed by atoms with Crippen molar-refractivity contribution in [2.24, 2.45) is 0 Å². The van der Waals surface area contributed by atoms with Gasteiger partial charge in [-0.15, -0.1) is 0 Å². The van der Waals surface area contributed by atoms with E-state index in [2.05, 4.69) is 16.7 Å². The Labute approximate surface area is 219 Å². The molecule has 8 nitrogen and oxygen atoms in total. The number of fused-ring (bicyclic) bond motifs is 1. The average molecular weight is 510 g/mol. The number of benzene rings is 1. The van der Waals surface area contributed by atoms with E-state index in [1.807, 2.05) is 36.5 Å². The zero-order valence-corrected chi connectivity index (χ0v) is 21.7. The van der Waals surface area contributed by atoms with Gasteiger partial charge < -0.3 is 30.0 Å². The van der Waals surface area contributed by atoms with Crippen molar-refractivity contribution in [3.8, 4) is 5.88 Å². The minimum atomic E-state index is -0.785. The average Bonchev–Trinajstić information content (AvgIpc) is 3.39. The van der Waals surface area contributed by atoms with Crippen molar-refractivity contribution in [2.75, 3.05) is 26.9 Å². The summed E-state index contributed by atoms with van der Waals surface area (Å²) >= 11 is 0. The molecule has 0 bridgehead atoms. The van der Waals surface area contributed by atoms with Crippen molar-refractivity contribution in [3.63, 3.8) is 0 Å². The fourth-order valence-corrected chi connectivity index (χ4v) is 5.75. The Bertz CT molecular complexity index is 1040. The van der Waals surface area contributed by atoms with E-state index in [1.165, 1.54) is 7.11 Å². The Balaban J connectivity index is 1.29. The minimum Gasteiger partial charge on any atom is -0.471 e. The van der Waals surface area contributed by atoms with Gasteiger partial charge in [-0.3, -0.25) is 4.79 Å². The van der Waals surface area contributed by atoms with Crippen molar-refractivity contribution in [1.82, 2.24) is 15.6 Å². The van der Waals surface area contributed by atoms with Crippen LogP contribution in [0.15, 0.2) is 42.6 Å². The summed E-state index contributed by atoms with van der Waals surface area (Å²) in [5.41, 5.74) is 3.08. The monoisotopic (exact) mass is 509 g/mol. The van der Waals surface area contributed by atoms with E-state index in [0.29, 0.717) is 18.8 Å². The van der Waals surface area contributed by atoms with Gasteiger partial charge in [-0.25, -0.2) is 4.98 Å². The molecule has 8 heteroatoms. The second-order valence-corrected chi connectivity index (χ2v) is 10.7. The van der Waals surface area contributed by atoms with Gasteiger partial charge in [0.2, 0.25) is 11.8 Å². The summed E-state index contributed by atoms with van der Waals surface area (Å²) in [7, 11) is 1.49. The Morgan fingerprint density at radius 3 is 2.78 bits per heavy atom. The molecule has 0 unspecified atom stereocenters. The van der Waals surface area contributed by atoms with Gasteiger partial charge >= 0.3 is 0 Å². The Morgan fingerprint density at radius 1 is 1.24 bits per heavy atom. The fourth-order valence-electron chi connectivity index (χ4n) is 5.75. The molecule has 1 aromatic heterocycles. The molecular weight excluding hydrogens is 470 g/mol. The zero-order valence-electron chi connectivity index (χ0n) is 21.7. The third kappa shape index (κ3) is 6.49. The molecule has 3 heterocycles. The van der Waals surface area contributed by atoms with Crippen LogP contribution in [-0.4, -0.2) is 66.7 Å². The maximum Gasteiger partial charge on any atom is 0.246 e. The molecule has 1 aromatic carbocycles. The van der Waals surface area contributed by atoms with E-state index in [1.54, 1.807) is 0 Å². The molecule has 2 fully saturated rings. The van der Waals surface area contributed by atoms with E-state index in [9.17, 15) is 9.90 Å². The molecule has 2 aromatic rings. The van der Waals surface area contributed by atoms with Gasteiger partial charge in [-0.05, 0) is 55.7 Å². The molecule has 1 spiro atoms. The van der Waals surface area contributed by atoms with Crippen molar-refractivity contribution in [3.05, 3.63) is 59.3 Å². The number of ether oxygens (including phenoxy) is 3. The molecule has 200 valence electrons. The van der Waals surface area contributed by atoms with E-state index in [4.69, 9.17) is 19.2 Å². The molecule has 5 rings (SSSR count). The normalized spacial score (nSPS) is 23.5.